The molecular formula is C16H22Cl3N2O+. The molecule has 122 valence electrons. The molecule has 2 rings (SSSR count). The quantitative estimate of drug-likeness (QED) is 0.749. The van der Waals surface area contributed by atoms with Crippen LogP contribution in [0, 0.1) is 0 Å². The third-order valence-electron chi connectivity index (χ3n) is 4.90. The normalized spacial score (nSPS) is 17.5. The number of nitrogens with zero attached hydrogens (tertiary/aromatic N) is 1. The molecule has 1 aromatic rings. The van der Waals surface area contributed by atoms with Crippen LogP contribution in [0.3, 0.4) is 0 Å². The van der Waals surface area contributed by atoms with Crippen molar-refractivity contribution in [1.82, 2.24) is 0 Å². The van der Waals surface area contributed by atoms with Gasteiger partial charge in [0.25, 0.3) is 5.91 Å². The van der Waals surface area contributed by atoms with E-state index in [-0.39, 0.29) is 11.9 Å². The second-order valence-electron chi connectivity index (χ2n) is 6.48. The molecule has 0 radical (unpaired) electrons. The molecule has 1 fully saturated rings. The van der Waals surface area contributed by atoms with Crippen LogP contribution in [0.4, 0.5) is 5.69 Å². The molecule has 3 nitrogen and oxygen atoms in total. The van der Waals surface area contributed by atoms with Crippen LogP contribution in [0.2, 0.25) is 15.1 Å². The lowest BCUT2D eigenvalue weighted by Crippen LogP contribution is -2.58. The number of rotatable bonds is 4. The summed E-state index contributed by atoms with van der Waals surface area (Å²) in [6, 6.07) is 3.49. The standard InChI is InChI=1S/C16H21Cl3N2O/c1-10(21(2,3)12-6-4-5-7-12)16(22)20-15-13(18)8-11(17)9-14(15)19/h8-10,12H,4-7H2,1-3H3/p+1/t10-/m0/s1. The van der Waals surface area contributed by atoms with E-state index in [2.05, 4.69) is 19.4 Å². The summed E-state index contributed by atoms with van der Waals surface area (Å²) in [6.45, 7) is 1.95. The topological polar surface area (TPSA) is 29.1 Å². The zero-order chi connectivity index (χ0) is 16.5. The Bertz CT molecular complexity index is 546. The summed E-state index contributed by atoms with van der Waals surface area (Å²) in [5.41, 5.74) is 0.427. The summed E-state index contributed by atoms with van der Waals surface area (Å²) in [7, 11) is 4.23. The first-order valence-corrected chi connectivity index (χ1v) is 8.65. The van der Waals surface area contributed by atoms with Crippen molar-refractivity contribution < 1.29 is 9.28 Å². The van der Waals surface area contributed by atoms with E-state index in [1.165, 1.54) is 25.7 Å². The Kier molecular flexibility index (Phi) is 5.65. The second-order valence-corrected chi connectivity index (χ2v) is 7.73. The van der Waals surface area contributed by atoms with Gasteiger partial charge in [0.2, 0.25) is 0 Å². The van der Waals surface area contributed by atoms with Crippen molar-refractivity contribution in [2.24, 2.45) is 0 Å². The first-order valence-electron chi connectivity index (χ1n) is 7.52. The molecule has 1 aromatic carbocycles. The maximum absolute atomic E-state index is 12.6. The summed E-state index contributed by atoms with van der Waals surface area (Å²) in [6.07, 6.45) is 4.84. The minimum absolute atomic E-state index is 0.0805. The number of quaternary nitrogens is 1. The molecule has 6 heteroatoms. The van der Waals surface area contributed by atoms with Crippen LogP contribution >= 0.6 is 34.8 Å². The highest BCUT2D eigenvalue weighted by Crippen LogP contribution is 2.34. The van der Waals surface area contributed by atoms with Crippen molar-refractivity contribution in [2.75, 3.05) is 19.4 Å². The predicted octanol–water partition coefficient (Wildman–Crippen LogP) is 4.99. The average molecular weight is 365 g/mol. The fourth-order valence-corrected chi connectivity index (χ4v) is 3.99. The first-order chi connectivity index (χ1) is 10.2. The minimum atomic E-state index is -0.189. The summed E-state index contributed by atoms with van der Waals surface area (Å²) in [5, 5.41) is 4.01. The lowest BCUT2D eigenvalue weighted by Gasteiger charge is -2.40. The SMILES string of the molecule is C[C@@H](C(=O)Nc1c(Cl)cc(Cl)cc1Cl)[N+](C)(C)C1CCCC1. The Morgan fingerprint density at radius 1 is 1.18 bits per heavy atom. The van der Waals surface area contributed by atoms with Gasteiger partial charge in [-0.2, -0.15) is 0 Å². The van der Waals surface area contributed by atoms with Gasteiger partial charge in [0.05, 0.1) is 35.9 Å². The van der Waals surface area contributed by atoms with Crippen molar-refractivity contribution in [3.63, 3.8) is 0 Å². The van der Waals surface area contributed by atoms with Gasteiger partial charge in [-0.1, -0.05) is 34.8 Å². The van der Waals surface area contributed by atoms with Crippen LogP contribution in [0.15, 0.2) is 12.1 Å². The molecular weight excluding hydrogens is 343 g/mol. The third kappa shape index (κ3) is 3.70. The number of hydrogen-bond donors (Lipinski definition) is 1. The number of carbonyl (C=O) groups is 1. The molecule has 0 bridgehead atoms. The number of amides is 1. The average Bonchev–Trinajstić information content (AvgIpc) is 2.96. The molecule has 1 aliphatic rings. The summed E-state index contributed by atoms with van der Waals surface area (Å²) in [5.74, 6) is -0.0805. The maximum Gasteiger partial charge on any atom is 0.282 e. The van der Waals surface area contributed by atoms with E-state index in [1.807, 2.05) is 6.92 Å². The smallest absolute Gasteiger partial charge is 0.282 e. The maximum atomic E-state index is 12.6. The van der Waals surface area contributed by atoms with Crippen LogP contribution in [0.1, 0.15) is 32.6 Å². The zero-order valence-electron chi connectivity index (χ0n) is 13.1. The molecule has 1 amide bonds. The molecule has 1 atom stereocenters. The number of benzene rings is 1. The van der Waals surface area contributed by atoms with Crippen LogP contribution < -0.4 is 5.32 Å². The molecule has 0 spiro atoms. The highest BCUT2D eigenvalue weighted by atomic mass is 35.5. The Balaban J connectivity index is 2.15. The lowest BCUT2D eigenvalue weighted by atomic mass is 10.1. The Labute approximate surface area is 147 Å². The summed E-state index contributed by atoms with van der Waals surface area (Å²) >= 11 is 18.2. The van der Waals surface area contributed by atoms with E-state index >= 15 is 0 Å². The highest BCUT2D eigenvalue weighted by Gasteiger charge is 2.39. The van der Waals surface area contributed by atoms with Gasteiger partial charge in [-0.3, -0.25) is 4.79 Å². The number of likely N-dealkylation sites (N-methyl/N-ethyl adjacent to an activating group) is 1. The zero-order valence-corrected chi connectivity index (χ0v) is 15.4. The van der Waals surface area contributed by atoms with Gasteiger partial charge < -0.3 is 9.80 Å². The highest BCUT2D eigenvalue weighted by molar-refractivity contribution is 6.42. The van der Waals surface area contributed by atoms with Crippen molar-refractivity contribution in [1.29, 1.82) is 0 Å². The van der Waals surface area contributed by atoms with Gasteiger partial charge in [-0.15, -0.1) is 0 Å². The van der Waals surface area contributed by atoms with Crippen molar-refractivity contribution in [2.45, 2.75) is 44.7 Å². The van der Waals surface area contributed by atoms with Crippen LogP contribution in [-0.2, 0) is 4.79 Å². The van der Waals surface area contributed by atoms with Gasteiger partial charge in [0.15, 0.2) is 6.04 Å². The molecule has 22 heavy (non-hydrogen) atoms. The van der Waals surface area contributed by atoms with E-state index in [4.69, 9.17) is 34.8 Å². The fraction of sp³-hybridized carbons (Fsp3) is 0.562. The van der Waals surface area contributed by atoms with Crippen molar-refractivity contribution >= 4 is 46.4 Å². The van der Waals surface area contributed by atoms with Crippen LogP contribution in [-0.4, -0.2) is 36.6 Å². The van der Waals surface area contributed by atoms with Gasteiger partial charge in [-0.05, 0) is 44.7 Å². The first kappa shape index (κ1) is 17.9. The molecule has 1 N–H and O–H groups in total. The molecule has 1 saturated carbocycles. The Morgan fingerprint density at radius 3 is 2.18 bits per heavy atom. The molecule has 0 saturated heterocycles. The molecule has 0 aliphatic heterocycles. The van der Waals surface area contributed by atoms with E-state index in [0.29, 0.717) is 31.3 Å². The van der Waals surface area contributed by atoms with Gasteiger partial charge >= 0.3 is 0 Å². The second kappa shape index (κ2) is 6.96. The van der Waals surface area contributed by atoms with E-state index in [0.717, 1.165) is 0 Å². The van der Waals surface area contributed by atoms with Crippen LogP contribution in [0.5, 0.6) is 0 Å². The summed E-state index contributed by atoms with van der Waals surface area (Å²) < 4.78 is 0.675. The largest absolute Gasteiger partial charge is 0.318 e. The Hall–Kier alpha value is -0.480. The predicted molar refractivity (Wildman–Crippen MR) is 93.9 cm³/mol. The monoisotopic (exact) mass is 363 g/mol. The minimum Gasteiger partial charge on any atom is -0.318 e. The van der Waals surface area contributed by atoms with Crippen molar-refractivity contribution in [3.8, 4) is 0 Å². The van der Waals surface area contributed by atoms with E-state index in [1.54, 1.807) is 12.1 Å². The third-order valence-corrected chi connectivity index (χ3v) is 5.71. The molecule has 1 aliphatic carbocycles. The number of carbonyl (C=O) groups excluding carboxylic acids is 1. The van der Waals surface area contributed by atoms with Gasteiger partial charge in [0.1, 0.15) is 0 Å². The lowest BCUT2D eigenvalue weighted by molar-refractivity contribution is -0.927. The number of hydrogen-bond acceptors (Lipinski definition) is 1. The summed E-state index contributed by atoms with van der Waals surface area (Å²) in [4.78, 5) is 12.6. The Morgan fingerprint density at radius 2 is 1.68 bits per heavy atom. The number of anilines is 1. The van der Waals surface area contributed by atoms with Crippen molar-refractivity contribution in [3.05, 3.63) is 27.2 Å². The fourth-order valence-electron chi connectivity index (χ4n) is 3.08. The molecule has 0 aromatic heterocycles. The molecule has 0 unspecified atom stereocenters. The van der Waals surface area contributed by atoms with E-state index < -0.39 is 0 Å². The molecule has 0 heterocycles. The van der Waals surface area contributed by atoms with E-state index in [9.17, 15) is 4.79 Å². The van der Waals surface area contributed by atoms with Gasteiger partial charge in [-0.25, -0.2) is 0 Å². The number of halogens is 3. The van der Waals surface area contributed by atoms with Crippen LogP contribution in [0.25, 0.3) is 0 Å². The van der Waals surface area contributed by atoms with Gasteiger partial charge in [0, 0.05) is 5.02 Å². The number of nitrogens with one attached hydrogen (secondary N) is 1.